The Morgan fingerprint density at radius 3 is 2.55 bits per heavy atom. The molecule has 0 saturated carbocycles. The summed E-state index contributed by atoms with van der Waals surface area (Å²) < 4.78 is 13.4. The van der Waals surface area contributed by atoms with Gasteiger partial charge in [0.25, 0.3) is 0 Å². The zero-order valence-electron chi connectivity index (χ0n) is 11.6. The molecule has 2 rings (SSSR count). The molecule has 2 amide bonds. The van der Waals surface area contributed by atoms with Gasteiger partial charge in [0.05, 0.1) is 0 Å². The van der Waals surface area contributed by atoms with Gasteiger partial charge in [-0.05, 0) is 18.9 Å². The lowest BCUT2D eigenvalue weighted by atomic mass is 9.96. The second-order valence-corrected chi connectivity index (χ2v) is 5.09. The number of piperidine rings is 1. The van der Waals surface area contributed by atoms with Crippen LogP contribution in [-0.4, -0.2) is 29.8 Å². The first-order valence-corrected chi connectivity index (χ1v) is 6.84. The highest BCUT2D eigenvalue weighted by Crippen LogP contribution is 2.17. The summed E-state index contributed by atoms with van der Waals surface area (Å²) in [6, 6.07) is 6.41. The van der Waals surface area contributed by atoms with Crippen molar-refractivity contribution in [2.75, 3.05) is 13.1 Å². The van der Waals surface area contributed by atoms with E-state index < -0.39 is 0 Å². The van der Waals surface area contributed by atoms with Gasteiger partial charge in [-0.15, -0.1) is 0 Å². The van der Waals surface area contributed by atoms with Crippen molar-refractivity contribution < 1.29 is 14.0 Å². The molecule has 0 unspecified atom stereocenters. The number of rotatable bonds is 3. The van der Waals surface area contributed by atoms with Crippen LogP contribution in [0, 0.1) is 11.7 Å². The number of nitrogens with one attached hydrogen (secondary N) is 1. The van der Waals surface area contributed by atoms with Gasteiger partial charge in [0.2, 0.25) is 11.8 Å². The topological polar surface area (TPSA) is 49.4 Å². The van der Waals surface area contributed by atoms with Crippen molar-refractivity contribution in [3.8, 4) is 0 Å². The minimum atomic E-state index is -0.306. The van der Waals surface area contributed by atoms with Crippen molar-refractivity contribution in [3.63, 3.8) is 0 Å². The molecular formula is C15H19FN2O2. The van der Waals surface area contributed by atoms with E-state index in [4.69, 9.17) is 0 Å². The Hall–Kier alpha value is -1.91. The van der Waals surface area contributed by atoms with Gasteiger partial charge in [-0.25, -0.2) is 4.39 Å². The highest BCUT2D eigenvalue weighted by atomic mass is 19.1. The van der Waals surface area contributed by atoms with Crippen LogP contribution in [0.5, 0.6) is 0 Å². The molecule has 1 saturated heterocycles. The van der Waals surface area contributed by atoms with Crippen molar-refractivity contribution in [1.82, 2.24) is 10.2 Å². The molecule has 0 bridgehead atoms. The number of benzene rings is 1. The SMILES string of the molecule is CC(=O)N1CCC(C(=O)NCc2ccccc2F)CC1. The molecule has 4 nitrogen and oxygen atoms in total. The lowest BCUT2D eigenvalue weighted by Gasteiger charge is -2.30. The number of amides is 2. The summed E-state index contributed by atoms with van der Waals surface area (Å²) in [4.78, 5) is 25.0. The molecule has 1 aromatic rings. The standard InChI is InChI=1S/C15H19FN2O2/c1-11(19)18-8-6-12(7-9-18)15(20)17-10-13-4-2-3-5-14(13)16/h2-5,12H,6-10H2,1H3,(H,17,20). The molecule has 1 aliphatic rings. The second kappa shape index (κ2) is 6.50. The smallest absolute Gasteiger partial charge is 0.223 e. The lowest BCUT2D eigenvalue weighted by Crippen LogP contribution is -2.42. The summed E-state index contributed by atoms with van der Waals surface area (Å²) >= 11 is 0. The van der Waals surface area contributed by atoms with E-state index in [1.807, 2.05) is 0 Å². The Kier molecular flexibility index (Phi) is 4.71. The van der Waals surface area contributed by atoms with E-state index in [-0.39, 0.29) is 30.1 Å². The predicted octanol–water partition coefficient (Wildman–Crippen LogP) is 1.70. The summed E-state index contributed by atoms with van der Waals surface area (Å²) in [5.41, 5.74) is 0.488. The van der Waals surface area contributed by atoms with Crippen LogP contribution >= 0.6 is 0 Å². The molecule has 1 heterocycles. The molecule has 1 fully saturated rings. The quantitative estimate of drug-likeness (QED) is 0.915. The molecular weight excluding hydrogens is 259 g/mol. The molecule has 20 heavy (non-hydrogen) atoms. The van der Waals surface area contributed by atoms with Crippen molar-refractivity contribution in [2.24, 2.45) is 5.92 Å². The minimum absolute atomic E-state index is 0.0511. The maximum atomic E-state index is 13.4. The molecule has 5 heteroatoms. The average molecular weight is 278 g/mol. The van der Waals surface area contributed by atoms with Crippen LogP contribution in [0.25, 0.3) is 0 Å². The third kappa shape index (κ3) is 3.56. The van der Waals surface area contributed by atoms with E-state index >= 15 is 0 Å². The number of nitrogens with zero attached hydrogens (tertiary/aromatic N) is 1. The summed E-state index contributed by atoms with van der Waals surface area (Å²) in [6.45, 7) is 2.98. The molecule has 1 N–H and O–H groups in total. The number of halogens is 1. The maximum absolute atomic E-state index is 13.4. The fourth-order valence-electron chi connectivity index (χ4n) is 2.43. The Morgan fingerprint density at radius 1 is 1.30 bits per heavy atom. The van der Waals surface area contributed by atoms with Gasteiger partial charge < -0.3 is 10.2 Å². The molecule has 1 aliphatic heterocycles. The normalized spacial score (nSPS) is 16.0. The molecule has 0 aliphatic carbocycles. The summed E-state index contributed by atoms with van der Waals surface area (Å²) in [6.07, 6.45) is 1.34. The van der Waals surface area contributed by atoms with Crippen molar-refractivity contribution >= 4 is 11.8 Å². The van der Waals surface area contributed by atoms with Gasteiger partial charge >= 0.3 is 0 Å². The van der Waals surface area contributed by atoms with Crippen LogP contribution in [0.2, 0.25) is 0 Å². The Balaban J connectivity index is 1.82. The van der Waals surface area contributed by atoms with Crippen molar-refractivity contribution in [3.05, 3.63) is 35.6 Å². The fraction of sp³-hybridized carbons (Fsp3) is 0.467. The maximum Gasteiger partial charge on any atom is 0.223 e. The molecule has 1 aromatic carbocycles. The largest absolute Gasteiger partial charge is 0.352 e. The van der Waals surface area contributed by atoms with Crippen LogP contribution in [0.15, 0.2) is 24.3 Å². The second-order valence-electron chi connectivity index (χ2n) is 5.09. The zero-order valence-corrected chi connectivity index (χ0v) is 11.6. The van der Waals surface area contributed by atoms with Crippen LogP contribution < -0.4 is 5.32 Å². The van der Waals surface area contributed by atoms with Crippen LogP contribution in [0.4, 0.5) is 4.39 Å². The lowest BCUT2D eigenvalue weighted by molar-refractivity contribution is -0.134. The first kappa shape index (κ1) is 14.5. The summed E-state index contributed by atoms with van der Waals surface area (Å²) in [7, 11) is 0. The molecule has 0 radical (unpaired) electrons. The number of carbonyl (C=O) groups excluding carboxylic acids is 2. The molecule has 108 valence electrons. The number of hydrogen-bond acceptors (Lipinski definition) is 2. The van der Waals surface area contributed by atoms with Gasteiger partial charge in [-0.1, -0.05) is 18.2 Å². The van der Waals surface area contributed by atoms with Gasteiger partial charge in [0.1, 0.15) is 5.82 Å². The van der Waals surface area contributed by atoms with E-state index in [0.29, 0.717) is 31.5 Å². The van der Waals surface area contributed by atoms with Gasteiger partial charge in [0, 0.05) is 38.0 Å². The Morgan fingerprint density at radius 2 is 1.95 bits per heavy atom. The molecule has 0 spiro atoms. The monoisotopic (exact) mass is 278 g/mol. The third-order valence-electron chi connectivity index (χ3n) is 3.72. The van der Waals surface area contributed by atoms with Crippen LogP contribution in [0.3, 0.4) is 0 Å². The van der Waals surface area contributed by atoms with E-state index in [2.05, 4.69) is 5.32 Å². The Bertz CT molecular complexity index is 496. The highest BCUT2D eigenvalue weighted by Gasteiger charge is 2.25. The molecule has 0 atom stereocenters. The molecule has 0 aromatic heterocycles. The predicted molar refractivity (Wildman–Crippen MR) is 73.2 cm³/mol. The average Bonchev–Trinajstić information content (AvgIpc) is 2.46. The van der Waals surface area contributed by atoms with E-state index in [1.54, 1.807) is 30.0 Å². The van der Waals surface area contributed by atoms with E-state index in [1.165, 1.54) is 6.07 Å². The van der Waals surface area contributed by atoms with Gasteiger partial charge in [-0.3, -0.25) is 9.59 Å². The first-order valence-electron chi connectivity index (χ1n) is 6.84. The van der Waals surface area contributed by atoms with Crippen LogP contribution in [-0.2, 0) is 16.1 Å². The number of hydrogen-bond donors (Lipinski definition) is 1. The first-order chi connectivity index (χ1) is 9.58. The van der Waals surface area contributed by atoms with Crippen molar-refractivity contribution in [2.45, 2.75) is 26.3 Å². The minimum Gasteiger partial charge on any atom is -0.352 e. The Labute approximate surface area is 118 Å². The summed E-state index contributed by atoms with van der Waals surface area (Å²) in [5, 5.41) is 2.77. The van der Waals surface area contributed by atoms with Crippen LogP contribution in [0.1, 0.15) is 25.3 Å². The zero-order chi connectivity index (χ0) is 14.5. The fourth-order valence-corrected chi connectivity index (χ4v) is 2.43. The van der Waals surface area contributed by atoms with E-state index in [0.717, 1.165) is 0 Å². The number of likely N-dealkylation sites (tertiary alicyclic amines) is 1. The highest BCUT2D eigenvalue weighted by molar-refractivity contribution is 5.79. The van der Waals surface area contributed by atoms with Crippen molar-refractivity contribution in [1.29, 1.82) is 0 Å². The summed E-state index contributed by atoms with van der Waals surface area (Å²) in [5.74, 6) is -0.400. The van der Waals surface area contributed by atoms with E-state index in [9.17, 15) is 14.0 Å². The third-order valence-corrected chi connectivity index (χ3v) is 3.72. The van der Waals surface area contributed by atoms with Gasteiger partial charge in [-0.2, -0.15) is 0 Å². The number of carbonyl (C=O) groups is 2. The van der Waals surface area contributed by atoms with Gasteiger partial charge in [0.15, 0.2) is 0 Å².